The molecule has 0 unspecified atom stereocenters. The Morgan fingerprint density at radius 2 is 2.00 bits per heavy atom. The summed E-state index contributed by atoms with van der Waals surface area (Å²) in [7, 11) is -0.555. The molecule has 0 amide bonds. The highest BCUT2D eigenvalue weighted by Crippen LogP contribution is 2.35. The summed E-state index contributed by atoms with van der Waals surface area (Å²) in [5.74, 6) is 0. The second kappa shape index (κ2) is 5.47. The Balaban J connectivity index is 2.53. The molecule has 0 saturated carbocycles. The summed E-state index contributed by atoms with van der Waals surface area (Å²) in [6.45, 7) is 5.98. The van der Waals surface area contributed by atoms with Gasteiger partial charge in [0.1, 0.15) is 4.90 Å². The van der Waals surface area contributed by atoms with Crippen LogP contribution in [0, 0.1) is 0 Å². The van der Waals surface area contributed by atoms with Gasteiger partial charge in [0.2, 0.25) is 10.0 Å². The molecule has 0 atom stereocenters. The minimum atomic E-state index is -3.56. The largest absolute Gasteiger partial charge is 0.396 e. The van der Waals surface area contributed by atoms with Gasteiger partial charge in [-0.1, -0.05) is 6.07 Å². The van der Waals surface area contributed by atoms with Crippen molar-refractivity contribution in [2.24, 2.45) is 0 Å². The van der Waals surface area contributed by atoms with E-state index in [0.29, 0.717) is 25.4 Å². The molecule has 0 radical (unpaired) electrons. The number of nitrogens with zero attached hydrogens (tertiary/aromatic N) is 2. The van der Waals surface area contributed by atoms with Crippen molar-refractivity contribution in [3.63, 3.8) is 0 Å². The number of hydrogen-bond donors (Lipinski definition) is 1. The van der Waals surface area contributed by atoms with Crippen molar-refractivity contribution in [3.05, 3.63) is 18.2 Å². The molecular formula is C14H23N3O3S. The van der Waals surface area contributed by atoms with Gasteiger partial charge in [-0.15, -0.1) is 0 Å². The van der Waals surface area contributed by atoms with Crippen molar-refractivity contribution in [1.82, 2.24) is 4.31 Å². The van der Waals surface area contributed by atoms with Gasteiger partial charge in [-0.2, -0.15) is 0 Å². The maximum absolute atomic E-state index is 12.4. The molecule has 1 aromatic carbocycles. The molecular weight excluding hydrogens is 290 g/mol. The first-order valence-corrected chi connectivity index (χ1v) is 8.28. The summed E-state index contributed by atoms with van der Waals surface area (Å²) < 4.78 is 31.4. The van der Waals surface area contributed by atoms with Gasteiger partial charge in [-0.25, -0.2) is 12.7 Å². The molecule has 1 aliphatic rings. The van der Waals surface area contributed by atoms with Crippen LogP contribution in [0.4, 0.5) is 11.4 Å². The van der Waals surface area contributed by atoms with E-state index in [9.17, 15) is 8.42 Å². The average molecular weight is 313 g/mol. The molecule has 0 aromatic heterocycles. The number of hydrogen-bond acceptors (Lipinski definition) is 5. The minimum absolute atomic E-state index is 0.146. The van der Waals surface area contributed by atoms with Crippen LogP contribution in [-0.2, 0) is 14.8 Å². The number of ether oxygens (including phenoxy) is 1. The third-order valence-electron chi connectivity index (χ3n) is 3.74. The van der Waals surface area contributed by atoms with Gasteiger partial charge in [0.05, 0.1) is 30.1 Å². The van der Waals surface area contributed by atoms with E-state index in [-0.39, 0.29) is 10.4 Å². The first-order chi connectivity index (χ1) is 9.68. The second-order valence-corrected chi connectivity index (χ2v) is 8.11. The summed E-state index contributed by atoms with van der Waals surface area (Å²) in [5.41, 5.74) is 6.98. The third-order valence-corrected chi connectivity index (χ3v) is 5.61. The summed E-state index contributed by atoms with van der Waals surface area (Å²) in [4.78, 5) is 2.26. The first-order valence-electron chi connectivity index (χ1n) is 6.84. The molecule has 118 valence electrons. The molecule has 7 heteroatoms. The van der Waals surface area contributed by atoms with Crippen LogP contribution >= 0.6 is 0 Å². The highest BCUT2D eigenvalue weighted by molar-refractivity contribution is 7.89. The van der Waals surface area contributed by atoms with Gasteiger partial charge < -0.3 is 15.4 Å². The van der Waals surface area contributed by atoms with Gasteiger partial charge >= 0.3 is 0 Å². The zero-order valence-electron chi connectivity index (χ0n) is 13.0. The molecule has 0 spiro atoms. The van der Waals surface area contributed by atoms with Crippen LogP contribution in [0.1, 0.15) is 13.8 Å². The van der Waals surface area contributed by atoms with Crippen LogP contribution in [0.5, 0.6) is 0 Å². The van der Waals surface area contributed by atoms with E-state index in [1.807, 2.05) is 6.07 Å². The van der Waals surface area contributed by atoms with Crippen molar-refractivity contribution < 1.29 is 13.2 Å². The molecule has 2 N–H and O–H groups in total. The molecule has 2 rings (SSSR count). The lowest BCUT2D eigenvalue weighted by Gasteiger charge is -2.44. The lowest BCUT2D eigenvalue weighted by Crippen LogP contribution is -2.53. The van der Waals surface area contributed by atoms with Crippen molar-refractivity contribution in [2.45, 2.75) is 24.3 Å². The molecule has 0 bridgehead atoms. The van der Waals surface area contributed by atoms with E-state index >= 15 is 0 Å². The predicted molar refractivity (Wildman–Crippen MR) is 84.0 cm³/mol. The third kappa shape index (κ3) is 2.86. The number of morpholine rings is 1. The Morgan fingerprint density at radius 1 is 1.33 bits per heavy atom. The van der Waals surface area contributed by atoms with Gasteiger partial charge in [0.15, 0.2) is 0 Å². The smallest absolute Gasteiger partial charge is 0.244 e. The van der Waals surface area contributed by atoms with E-state index in [1.54, 1.807) is 12.1 Å². The molecule has 6 nitrogen and oxygen atoms in total. The van der Waals surface area contributed by atoms with Crippen LogP contribution in [0.3, 0.4) is 0 Å². The lowest BCUT2D eigenvalue weighted by atomic mass is 10.0. The topological polar surface area (TPSA) is 75.9 Å². The van der Waals surface area contributed by atoms with Crippen molar-refractivity contribution in [2.75, 3.05) is 44.5 Å². The Labute approximate surface area is 126 Å². The molecule has 1 fully saturated rings. The van der Waals surface area contributed by atoms with Crippen LogP contribution in [-0.4, -0.2) is 52.1 Å². The molecule has 1 saturated heterocycles. The van der Waals surface area contributed by atoms with Gasteiger partial charge in [0, 0.05) is 20.6 Å². The number of sulfonamides is 1. The molecule has 1 aromatic rings. The number of rotatable bonds is 3. The van der Waals surface area contributed by atoms with Gasteiger partial charge in [-0.05, 0) is 26.0 Å². The monoisotopic (exact) mass is 313 g/mol. The van der Waals surface area contributed by atoms with E-state index in [4.69, 9.17) is 10.5 Å². The number of anilines is 2. The van der Waals surface area contributed by atoms with Crippen molar-refractivity contribution in [1.29, 1.82) is 0 Å². The standard InChI is InChI=1S/C14H23N3O3S/c1-14(2)10-20-9-8-17(14)11-6-5-7-12(13(11)15)21(18,19)16(3)4/h5-7H,8-10,15H2,1-4H3. The molecule has 1 aliphatic heterocycles. The Bertz CT molecular complexity index is 626. The highest BCUT2D eigenvalue weighted by atomic mass is 32.2. The van der Waals surface area contributed by atoms with E-state index in [0.717, 1.165) is 5.69 Å². The van der Waals surface area contributed by atoms with E-state index in [2.05, 4.69) is 18.7 Å². The van der Waals surface area contributed by atoms with Crippen LogP contribution in [0.2, 0.25) is 0 Å². The van der Waals surface area contributed by atoms with Crippen molar-refractivity contribution in [3.8, 4) is 0 Å². The summed E-state index contributed by atoms with van der Waals surface area (Å²) in [6.07, 6.45) is 0. The van der Waals surface area contributed by atoms with Crippen LogP contribution in [0.25, 0.3) is 0 Å². The minimum Gasteiger partial charge on any atom is -0.396 e. The number of nitrogen functional groups attached to an aromatic ring is 1. The number of para-hydroxylation sites is 1. The van der Waals surface area contributed by atoms with Gasteiger partial charge in [0.25, 0.3) is 0 Å². The summed E-state index contributed by atoms with van der Waals surface area (Å²) in [6, 6.07) is 5.13. The summed E-state index contributed by atoms with van der Waals surface area (Å²) >= 11 is 0. The maximum atomic E-state index is 12.4. The fourth-order valence-electron chi connectivity index (χ4n) is 2.49. The van der Waals surface area contributed by atoms with E-state index < -0.39 is 10.0 Å². The highest BCUT2D eigenvalue weighted by Gasteiger charge is 2.33. The van der Waals surface area contributed by atoms with Crippen molar-refractivity contribution >= 4 is 21.4 Å². The van der Waals surface area contributed by atoms with Crippen LogP contribution in [0.15, 0.2) is 23.1 Å². The van der Waals surface area contributed by atoms with Crippen LogP contribution < -0.4 is 10.6 Å². The molecule has 0 aliphatic carbocycles. The SMILES string of the molecule is CN(C)S(=O)(=O)c1cccc(N2CCOCC2(C)C)c1N. The first kappa shape index (κ1) is 16.1. The predicted octanol–water partition coefficient (Wildman–Crippen LogP) is 1.13. The Hall–Kier alpha value is -1.31. The fraction of sp³-hybridized carbons (Fsp3) is 0.571. The Kier molecular flexibility index (Phi) is 4.19. The average Bonchev–Trinajstić information content (AvgIpc) is 2.38. The lowest BCUT2D eigenvalue weighted by molar-refractivity contribution is 0.0645. The quantitative estimate of drug-likeness (QED) is 0.847. The Morgan fingerprint density at radius 3 is 2.57 bits per heavy atom. The zero-order valence-corrected chi connectivity index (χ0v) is 13.8. The fourth-order valence-corrected chi connectivity index (χ4v) is 3.52. The summed E-state index contributed by atoms with van der Waals surface area (Å²) in [5, 5.41) is 0. The van der Waals surface area contributed by atoms with Gasteiger partial charge in [-0.3, -0.25) is 0 Å². The zero-order chi connectivity index (χ0) is 15.8. The number of benzene rings is 1. The number of nitrogens with two attached hydrogens (primary N) is 1. The normalized spacial score (nSPS) is 19.0. The second-order valence-electron chi connectivity index (χ2n) is 5.99. The molecule has 1 heterocycles. The molecule has 21 heavy (non-hydrogen) atoms. The maximum Gasteiger partial charge on any atom is 0.244 e. The van der Waals surface area contributed by atoms with E-state index in [1.165, 1.54) is 18.4 Å².